The van der Waals surface area contributed by atoms with Crippen LogP contribution in [0.2, 0.25) is 0 Å². The zero-order chi connectivity index (χ0) is 17.1. The molecule has 122 valence electrons. The van der Waals surface area contributed by atoms with Crippen LogP contribution in [-0.2, 0) is 22.4 Å². The monoisotopic (exact) mass is 322 g/mol. The number of carbonyl (C=O) groups excluding carboxylic acids is 2. The molecule has 0 saturated carbocycles. The first-order valence-corrected chi connectivity index (χ1v) is 7.74. The van der Waals surface area contributed by atoms with Crippen molar-refractivity contribution in [2.75, 3.05) is 10.6 Å². The summed E-state index contributed by atoms with van der Waals surface area (Å²) >= 11 is 0. The van der Waals surface area contributed by atoms with E-state index < -0.39 is 0 Å². The van der Waals surface area contributed by atoms with Gasteiger partial charge >= 0.3 is 0 Å². The normalized spacial score (nSPS) is 12.4. The fraction of sp³-hybridized carbons (Fsp3) is 0.222. The van der Waals surface area contributed by atoms with Crippen molar-refractivity contribution in [1.82, 2.24) is 0 Å². The van der Waals surface area contributed by atoms with Crippen LogP contribution in [0.4, 0.5) is 22.7 Å². The highest BCUT2D eigenvalue weighted by Gasteiger charge is 2.12. The molecule has 1 aliphatic heterocycles. The molecule has 0 bridgehead atoms. The molecule has 2 N–H and O–H groups in total. The number of aryl methyl sites for hydroxylation is 2. The highest BCUT2D eigenvalue weighted by molar-refractivity contribution is 5.90. The van der Waals surface area contributed by atoms with Crippen LogP contribution in [0.5, 0.6) is 0 Å². The van der Waals surface area contributed by atoms with E-state index in [1.807, 2.05) is 36.4 Å². The van der Waals surface area contributed by atoms with Crippen molar-refractivity contribution in [3.63, 3.8) is 0 Å². The number of amides is 2. The van der Waals surface area contributed by atoms with E-state index in [0.29, 0.717) is 11.4 Å². The number of carbonyl (C=O) groups is 2. The quantitative estimate of drug-likeness (QED) is 0.872. The molecule has 2 amide bonds. The van der Waals surface area contributed by atoms with Crippen LogP contribution in [0.15, 0.2) is 46.6 Å². The third kappa shape index (κ3) is 3.65. The van der Waals surface area contributed by atoms with Crippen molar-refractivity contribution in [3.8, 4) is 0 Å². The van der Waals surface area contributed by atoms with Gasteiger partial charge in [0.2, 0.25) is 11.8 Å². The second-order valence-electron chi connectivity index (χ2n) is 5.75. The average molecular weight is 322 g/mol. The van der Waals surface area contributed by atoms with Crippen LogP contribution in [0.25, 0.3) is 0 Å². The molecule has 6 heteroatoms. The van der Waals surface area contributed by atoms with E-state index in [0.717, 1.165) is 35.3 Å². The first-order chi connectivity index (χ1) is 11.5. The Morgan fingerprint density at radius 2 is 1.21 bits per heavy atom. The van der Waals surface area contributed by atoms with Gasteiger partial charge in [-0.15, -0.1) is 0 Å². The highest BCUT2D eigenvalue weighted by atomic mass is 16.2. The number of benzene rings is 2. The number of nitrogens with one attached hydrogen (secondary N) is 2. The first kappa shape index (κ1) is 15.9. The number of nitrogens with zero attached hydrogens (tertiary/aromatic N) is 2. The minimum Gasteiger partial charge on any atom is -0.326 e. The van der Waals surface area contributed by atoms with Gasteiger partial charge in [0.1, 0.15) is 0 Å². The molecule has 24 heavy (non-hydrogen) atoms. The van der Waals surface area contributed by atoms with E-state index in [1.54, 1.807) is 0 Å². The topological polar surface area (TPSA) is 82.9 Å². The van der Waals surface area contributed by atoms with Crippen LogP contribution in [0.3, 0.4) is 0 Å². The summed E-state index contributed by atoms with van der Waals surface area (Å²) in [6.45, 7) is 2.94. The average Bonchev–Trinajstić information content (AvgIpc) is 2.49. The lowest BCUT2D eigenvalue weighted by molar-refractivity contribution is -0.115. The Kier molecular flexibility index (Phi) is 4.37. The van der Waals surface area contributed by atoms with Crippen molar-refractivity contribution in [3.05, 3.63) is 47.5 Å². The van der Waals surface area contributed by atoms with Crippen LogP contribution in [0.1, 0.15) is 25.0 Å². The van der Waals surface area contributed by atoms with E-state index in [1.165, 1.54) is 13.8 Å². The number of hydrogen-bond acceptors (Lipinski definition) is 4. The van der Waals surface area contributed by atoms with Gasteiger partial charge in [-0.1, -0.05) is 12.1 Å². The molecule has 0 radical (unpaired) electrons. The van der Waals surface area contributed by atoms with Gasteiger partial charge in [0.15, 0.2) is 0 Å². The molecule has 0 fully saturated rings. The summed E-state index contributed by atoms with van der Waals surface area (Å²) < 4.78 is 0. The van der Waals surface area contributed by atoms with E-state index in [9.17, 15) is 9.59 Å². The molecule has 1 aliphatic rings. The lowest BCUT2D eigenvalue weighted by atomic mass is 10.0. The Morgan fingerprint density at radius 1 is 0.792 bits per heavy atom. The molecule has 1 heterocycles. The van der Waals surface area contributed by atoms with Gasteiger partial charge in [-0.25, -0.2) is 0 Å². The molecule has 0 aliphatic carbocycles. The summed E-state index contributed by atoms with van der Waals surface area (Å²) in [5.74, 6) is -0.244. The first-order valence-electron chi connectivity index (χ1n) is 7.74. The Balaban J connectivity index is 1.94. The largest absolute Gasteiger partial charge is 0.326 e. The van der Waals surface area contributed by atoms with Gasteiger partial charge in [0.25, 0.3) is 0 Å². The van der Waals surface area contributed by atoms with E-state index >= 15 is 0 Å². The Labute approximate surface area is 140 Å². The SMILES string of the molecule is CC(=O)Nc1ccc2c(c1)N=Nc1cc(NC(C)=O)ccc1CC2. The molecular weight excluding hydrogens is 304 g/mol. The Hall–Kier alpha value is -3.02. The fourth-order valence-electron chi connectivity index (χ4n) is 2.68. The molecule has 0 unspecified atom stereocenters. The predicted octanol–water partition coefficient (Wildman–Crippen LogP) is 4.12. The van der Waals surface area contributed by atoms with Gasteiger partial charge in [0.05, 0.1) is 11.4 Å². The summed E-state index contributed by atoms with van der Waals surface area (Å²) in [6.07, 6.45) is 1.67. The van der Waals surface area contributed by atoms with Crippen molar-refractivity contribution in [1.29, 1.82) is 0 Å². The van der Waals surface area contributed by atoms with Crippen LogP contribution >= 0.6 is 0 Å². The summed E-state index contributed by atoms with van der Waals surface area (Å²) in [5.41, 5.74) is 5.07. The number of fused-ring (bicyclic) bond motifs is 2. The minimum absolute atomic E-state index is 0.122. The smallest absolute Gasteiger partial charge is 0.221 e. The summed E-state index contributed by atoms with van der Waals surface area (Å²) in [5, 5.41) is 14.2. The molecule has 0 spiro atoms. The van der Waals surface area contributed by atoms with E-state index in [2.05, 4.69) is 20.9 Å². The molecule has 0 saturated heterocycles. The van der Waals surface area contributed by atoms with Crippen molar-refractivity contribution in [2.24, 2.45) is 10.2 Å². The number of anilines is 2. The third-order valence-electron chi connectivity index (χ3n) is 3.74. The zero-order valence-corrected chi connectivity index (χ0v) is 13.6. The lowest BCUT2D eigenvalue weighted by Crippen LogP contribution is -2.06. The number of rotatable bonds is 2. The molecule has 0 aromatic heterocycles. The van der Waals surface area contributed by atoms with Crippen LogP contribution < -0.4 is 10.6 Å². The minimum atomic E-state index is -0.122. The summed E-state index contributed by atoms with van der Waals surface area (Å²) in [6, 6.07) is 11.3. The maximum atomic E-state index is 11.2. The molecule has 2 aromatic rings. The maximum absolute atomic E-state index is 11.2. The lowest BCUT2D eigenvalue weighted by Gasteiger charge is -2.13. The van der Waals surface area contributed by atoms with Crippen molar-refractivity contribution in [2.45, 2.75) is 26.7 Å². The van der Waals surface area contributed by atoms with Gasteiger partial charge < -0.3 is 10.6 Å². The van der Waals surface area contributed by atoms with Gasteiger partial charge in [-0.3, -0.25) is 9.59 Å². The van der Waals surface area contributed by atoms with Gasteiger partial charge in [-0.05, 0) is 48.2 Å². The second-order valence-corrected chi connectivity index (χ2v) is 5.75. The third-order valence-corrected chi connectivity index (χ3v) is 3.74. The number of hydrogen-bond donors (Lipinski definition) is 2. The summed E-state index contributed by atoms with van der Waals surface area (Å²) in [4.78, 5) is 22.4. The predicted molar refractivity (Wildman–Crippen MR) is 93.1 cm³/mol. The van der Waals surface area contributed by atoms with E-state index in [4.69, 9.17) is 0 Å². The van der Waals surface area contributed by atoms with E-state index in [-0.39, 0.29) is 11.8 Å². The molecular formula is C18H18N4O2. The van der Waals surface area contributed by atoms with Crippen LogP contribution in [-0.4, -0.2) is 11.8 Å². The molecule has 2 aromatic carbocycles. The Morgan fingerprint density at radius 3 is 1.58 bits per heavy atom. The fourth-order valence-corrected chi connectivity index (χ4v) is 2.68. The van der Waals surface area contributed by atoms with Crippen molar-refractivity contribution >= 4 is 34.6 Å². The van der Waals surface area contributed by atoms with Crippen LogP contribution in [0, 0.1) is 0 Å². The van der Waals surface area contributed by atoms with Gasteiger partial charge in [-0.2, -0.15) is 10.2 Å². The highest BCUT2D eigenvalue weighted by Crippen LogP contribution is 2.33. The van der Waals surface area contributed by atoms with Gasteiger partial charge in [0, 0.05) is 25.2 Å². The second kappa shape index (κ2) is 6.62. The van der Waals surface area contributed by atoms with Crippen molar-refractivity contribution < 1.29 is 9.59 Å². The number of azo groups is 1. The Bertz CT molecular complexity index is 773. The molecule has 6 nitrogen and oxygen atoms in total. The zero-order valence-electron chi connectivity index (χ0n) is 13.6. The summed E-state index contributed by atoms with van der Waals surface area (Å²) in [7, 11) is 0. The maximum Gasteiger partial charge on any atom is 0.221 e. The molecule has 3 rings (SSSR count). The standard InChI is InChI=1S/C18H18N4O2/c1-11(23)19-15-7-5-13-3-4-14-6-8-16(20-12(2)24)10-18(14)22-21-17(13)9-15/h5-10H,3-4H2,1-2H3,(H,19,23)(H,20,24). The molecule has 0 atom stereocenters.